The van der Waals surface area contributed by atoms with Crippen LogP contribution in [0, 0.1) is 0 Å². The van der Waals surface area contributed by atoms with E-state index in [1.165, 1.54) is 0 Å². The molecule has 0 aromatic carbocycles. The zero-order chi connectivity index (χ0) is 17.6. The molecule has 0 bridgehead atoms. The van der Waals surface area contributed by atoms with E-state index in [1.54, 1.807) is 0 Å². The van der Waals surface area contributed by atoms with Crippen LogP contribution >= 0.6 is 11.6 Å². The number of carboxylic acids is 1. The molecule has 0 aliphatic rings. The minimum absolute atomic E-state index is 0.000375. The van der Waals surface area contributed by atoms with Crippen LogP contribution in [0.4, 0.5) is 0 Å². The highest BCUT2D eigenvalue weighted by atomic mass is 35.5. The van der Waals surface area contributed by atoms with Crippen molar-refractivity contribution in [3.05, 3.63) is 28.5 Å². The van der Waals surface area contributed by atoms with Crippen molar-refractivity contribution in [2.24, 2.45) is 0 Å². The van der Waals surface area contributed by atoms with Gasteiger partial charge in [-0.15, -0.1) is 0 Å². The van der Waals surface area contributed by atoms with Crippen molar-refractivity contribution in [1.82, 2.24) is 15.6 Å². The summed E-state index contributed by atoms with van der Waals surface area (Å²) in [7, 11) is -4.23. The fraction of sp³-hybridized carbons (Fsp3) is 0.273. The first-order chi connectivity index (χ1) is 10.6. The van der Waals surface area contributed by atoms with Crippen LogP contribution in [0.15, 0.2) is 12.1 Å². The molecule has 12 heteroatoms. The molecule has 2 amide bonds. The Morgan fingerprint density at radius 2 is 1.65 bits per heavy atom. The molecule has 0 spiro atoms. The molecule has 23 heavy (non-hydrogen) atoms. The largest absolute Gasteiger partial charge is 0.480 e. The van der Waals surface area contributed by atoms with Gasteiger partial charge in [0.2, 0.25) is 0 Å². The number of aliphatic carboxylic acids is 1. The van der Waals surface area contributed by atoms with Crippen LogP contribution in [0.5, 0.6) is 0 Å². The predicted octanol–water partition coefficient (Wildman–Crippen LogP) is -0.833. The van der Waals surface area contributed by atoms with Gasteiger partial charge in [-0.05, 0) is 12.1 Å². The minimum Gasteiger partial charge on any atom is -0.480 e. The van der Waals surface area contributed by atoms with E-state index in [1.807, 2.05) is 0 Å². The normalized spacial score (nSPS) is 10.9. The number of carbonyl (C=O) groups is 3. The van der Waals surface area contributed by atoms with E-state index in [0.29, 0.717) is 0 Å². The third kappa shape index (κ3) is 7.04. The second-order valence-electron chi connectivity index (χ2n) is 4.17. The van der Waals surface area contributed by atoms with Crippen LogP contribution in [-0.4, -0.2) is 59.7 Å². The number of nitrogens with one attached hydrogen (secondary N) is 2. The van der Waals surface area contributed by atoms with Gasteiger partial charge in [0, 0.05) is 11.6 Å². The number of rotatable bonds is 7. The molecule has 126 valence electrons. The van der Waals surface area contributed by atoms with E-state index >= 15 is 0 Å². The summed E-state index contributed by atoms with van der Waals surface area (Å²) in [4.78, 5) is 37.6. The second kappa shape index (κ2) is 7.85. The third-order valence-corrected chi connectivity index (χ3v) is 3.24. The number of hydrogen-bond acceptors (Lipinski definition) is 6. The number of hydrogen-bond donors (Lipinski definition) is 4. The van der Waals surface area contributed by atoms with Gasteiger partial charge >= 0.3 is 5.97 Å². The first kappa shape index (κ1) is 18.8. The number of halogens is 1. The summed E-state index contributed by atoms with van der Waals surface area (Å²) in [5.41, 5.74) is -0.549. The van der Waals surface area contributed by atoms with Crippen molar-refractivity contribution < 1.29 is 32.5 Å². The van der Waals surface area contributed by atoms with Crippen LogP contribution in [-0.2, 0) is 14.9 Å². The van der Waals surface area contributed by atoms with Gasteiger partial charge in [-0.25, -0.2) is 4.98 Å². The summed E-state index contributed by atoms with van der Waals surface area (Å²) in [5.74, 6) is -3.61. The van der Waals surface area contributed by atoms with Crippen LogP contribution in [0.25, 0.3) is 0 Å². The maximum Gasteiger partial charge on any atom is 0.322 e. The minimum atomic E-state index is -4.23. The number of carboxylic acid groups (broad SMARTS) is 1. The zero-order valence-electron chi connectivity index (χ0n) is 11.4. The molecule has 0 unspecified atom stereocenters. The average Bonchev–Trinajstić information content (AvgIpc) is 2.42. The molecule has 0 saturated carbocycles. The standard InChI is InChI=1S/C11H12ClN3O7S/c12-6-3-7(10(18)13-1-2-23(20,21)22)15-8(4-6)11(19)14-5-9(16)17/h3-4H,1-2,5H2,(H,13,18)(H,14,19)(H,16,17)(H,20,21,22). The quantitative estimate of drug-likeness (QED) is 0.455. The van der Waals surface area contributed by atoms with E-state index in [0.717, 1.165) is 12.1 Å². The number of pyridine rings is 1. The van der Waals surface area contributed by atoms with Crippen molar-refractivity contribution in [1.29, 1.82) is 0 Å². The van der Waals surface area contributed by atoms with E-state index in [-0.39, 0.29) is 23.0 Å². The summed E-state index contributed by atoms with van der Waals surface area (Å²) >= 11 is 5.76. The van der Waals surface area contributed by atoms with Gasteiger partial charge < -0.3 is 15.7 Å². The average molecular weight is 366 g/mol. The number of amides is 2. The lowest BCUT2D eigenvalue weighted by Gasteiger charge is -2.07. The maximum absolute atomic E-state index is 11.8. The highest BCUT2D eigenvalue weighted by molar-refractivity contribution is 7.85. The fourth-order valence-electron chi connectivity index (χ4n) is 1.36. The predicted molar refractivity (Wildman–Crippen MR) is 78.0 cm³/mol. The molecule has 0 radical (unpaired) electrons. The summed E-state index contributed by atoms with van der Waals surface area (Å²) in [6.07, 6.45) is 0. The monoisotopic (exact) mass is 365 g/mol. The van der Waals surface area contributed by atoms with E-state index in [2.05, 4.69) is 15.6 Å². The Hall–Kier alpha value is -2.24. The summed E-state index contributed by atoms with van der Waals surface area (Å²) in [5, 5.41) is 12.7. The van der Waals surface area contributed by atoms with Gasteiger partial charge in [0.25, 0.3) is 21.9 Å². The van der Waals surface area contributed by atoms with Gasteiger partial charge in [0.15, 0.2) is 0 Å². The fourth-order valence-corrected chi connectivity index (χ4v) is 1.93. The van der Waals surface area contributed by atoms with Crippen molar-refractivity contribution >= 4 is 39.5 Å². The van der Waals surface area contributed by atoms with E-state index < -0.39 is 40.2 Å². The van der Waals surface area contributed by atoms with Crippen LogP contribution in [0.1, 0.15) is 21.0 Å². The molecular weight excluding hydrogens is 354 g/mol. The first-order valence-corrected chi connectivity index (χ1v) is 7.98. The Bertz CT molecular complexity index is 735. The maximum atomic E-state index is 11.8. The molecule has 4 N–H and O–H groups in total. The van der Waals surface area contributed by atoms with Crippen LogP contribution in [0.2, 0.25) is 5.02 Å². The molecule has 0 atom stereocenters. The smallest absolute Gasteiger partial charge is 0.322 e. The molecule has 10 nitrogen and oxygen atoms in total. The zero-order valence-corrected chi connectivity index (χ0v) is 13.0. The summed E-state index contributed by atoms with van der Waals surface area (Å²) in [6, 6.07) is 2.27. The Morgan fingerprint density at radius 3 is 2.13 bits per heavy atom. The Morgan fingerprint density at radius 1 is 1.13 bits per heavy atom. The van der Waals surface area contributed by atoms with E-state index in [9.17, 15) is 22.8 Å². The molecule has 0 saturated heterocycles. The Labute approximate surface area is 135 Å². The lowest BCUT2D eigenvalue weighted by molar-refractivity contribution is -0.135. The Kier molecular flexibility index (Phi) is 6.42. The molecule has 1 rings (SSSR count). The molecule has 1 aromatic heterocycles. The van der Waals surface area contributed by atoms with Gasteiger partial charge in [0.05, 0.1) is 5.75 Å². The van der Waals surface area contributed by atoms with Crippen molar-refractivity contribution in [2.45, 2.75) is 0 Å². The van der Waals surface area contributed by atoms with Crippen LogP contribution in [0.3, 0.4) is 0 Å². The third-order valence-electron chi connectivity index (χ3n) is 2.30. The number of aromatic nitrogens is 1. The van der Waals surface area contributed by atoms with E-state index in [4.69, 9.17) is 21.3 Å². The second-order valence-corrected chi connectivity index (χ2v) is 6.18. The SMILES string of the molecule is O=C(O)CNC(=O)c1cc(Cl)cc(C(=O)NCCS(=O)(=O)O)n1. The molecule has 0 fully saturated rings. The molecule has 0 aliphatic carbocycles. The molecule has 0 aliphatic heterocycles. The summed E-state index contributed by atoms with van der Waals surface area (Å²) < 4.78 is 29.6. The van der Waals surface area contributed by atoms with Crippen molar-refractivity contribution in [2.75, 3.05) is 18.8 Å². The van der Waals surface area contributed by atoms with Gasteiger partial charge in [-0.2, -0.15) is 8.42 Å². The lowest BCUT2D eigenvalue weighted by Crippen LogP contribution is -2.32. The van der Waals surface area contributed by atoms with Crippen molar-refractivity contribution in [3.8, 4) is 0 Å². The Balaban J connectivity index is 2.81. The topological polar surface area (TPSA) is 163 Å². The summed E-state index contributed by atoms with van der Waals surface area (Å²) in [6.45, 7) is -1.00. The molecular formula is C11H12ClN3O7S. The highest BCUT2D eigenvalue weighted by Crippen LogP contribution is 2.12. The number of carbonyl (C=O) groups excluding carboxylic acids is 2. The first-order valence-electron chi connectivity index (χ1n) is 5.99. The van der Waals surface area contributed by atoms with Gasteiger partial charge in [0.1, 0.15) is 17.9 Å². The number of nitrogens with zero attached hydrogens (tertiary/aromatic N) is 1. The van der Waals surface area contributed by atoms with Crippen LogP contribution < -0.4 is 10.6 Å². The van der Waals surface area contributed by atoms with Gasteiger partial charge in [-0.3, -0.25) is 18.9 Å². The molecule has 1 heterocycles. The molecule has 1 aromatic rings. The lowest BCUT2D eigenvalue weighted by atomic mass is 10.2. The van der Waals surface area contributed by atoms with Gasteiger partial charge in [-0.1, -0.05) is 11.6 Å². The van der Waals surface area contributed by atoms with Crippen molar-refractivity contribution in [3.63, 3.8) is 0 Å². The highest BCUT2D eigenvalue weighted by Gasteiger charge is 2.15.